The number of rotatable bonds is 9. The highest BCUT2D eigenvalue weighted by Crippen LogP contribution is 2.17. The molecule has 19 heavy (non-hydrogen) atoms. The molecule has 114 valence electrons. The van der Waals surface area contributed by atoms with Gasteiger partial charge in [-0.3, -0.25) is 9.69 Å². The summed E-state index contributed by atoms with van der Waals surface area (Å²) in [5, 5.41) is 11.4. The molecule has 2 N–H and O–H groups in total. The Morgan fingerprint density at radius 1 is 1.37 bits per heavy atom. The van der Waals surface area contributed by atoms with Crippen molar-refractivity contribution in [2.24, 2.45) is 0 Å². The van der Waals surface area contributed by atoms with Crippen molar-refractivity contribution < 1.29 is 23.1 Å². The van der Waals surface area contributed by atoms with Crippen molar-refractivity contribution in [1.82, 2.24) is 10.2 Å². The molecule has 0 aliphatic carbocycles. The second-order valence-electron chi connectivity index (χ2n) is 4.48. The van der Waals surface area contributed by atoms with Crippen LogP contribution < -0.4 is 5.32 Å². The molecule has 0 heterocycles. The molecule has 1 unspecified atom stereocenters. The van der Waals surface area contributed by atoms with E-state index in [1.807, 2.05) is 6.92 Å². The standard InChI is InChI=1S/C12H23F3N2O2/c1-3-4-5-6-16-11(19)10(2)17(7-8-18)9-12(13,14)15/h10,18H,3-9H2,1-2H3,(H,16,19). The van der Waals surface area contributed by atoms with E-state index in [4.69, 9.17) is 5.11 Å². The number of halogens is 3. The highest BCUT2D eigenvalue weighted by molar-refractivity contribution is 5.81. The lowest BCUT2D eigenvalue weighted by Gasteiger charge is -2.28. The van der Waals surface area contributed by atoms with E-state index >= 15 is 0 Å². The van der Waals surface area contributed by atoms with Gasteiger partial charge in [-0.25, -0.2) is 0 Å². The van der Waals surface area contributed by atoms with Gasteiger partial charge in [-0.2, -0.15) is 13.2 Å². The molecule has 4 nitrogen and oxygen atoms in total. The predicted octanol–water partition coefficient (Wildman–Crippen LogP) is 1.54. The summed E-state index contributed by atoms with van der Waals surface area (Å²) in [4.78, 5) is 12.6. The van der Waals surface area contributed by atoms with Gasteiger partial charge >= 0.3 is 6.18 Å². The van der Waals surface area contributed by atoms with E-state index in [-0.39, 0.29) is 6.54 Å². The van der Waals surface area contributed by atoms with Crippen LogP contribution in [0.15, 0.2) is 0 Å². The lowest BCUT2D eigenvalue weighted by Crippen LogP contribution is -2.49. The molecule has 0 spiro atoms. The first-order chi connectivity index (χ1) is 8.81. The minimum Gasteiger partial charge on any atom is -0.395 e. The van der Waals surface area contributed by atoms with Crippen molar-refractivity contribution in [2.75, 3.05) is 26.2 Å². The molecular weight excluding hydrogens is 261 g/mol. The molecule has 0 fully saturated rings. The maximum Gasteiger partial charge on any atom is 0.401 e. The van der Waals surface area contributed by atoms with E-state index in [0.29, 0.717) is 6.54 Å². The van der Waals surface area contributed by atoms with Gasteiger partial charge in [-0.15, -0.1) is 0 Å². The summed E-state index contributed by atoms with van der Waals surface area (Å²) in [5.41, 5.74) is 0. The average Bonchev–Trinajstić information content (AvgIpc) is 2.31. The van der Waals surface area contributed by atoms with Crippen LogP contribution in [0.2, 0.25) is 0 Å². The van der Waals surface area contributed by atoms with Gasteiger partial charge in [0, 0.05) is 13.1 Å². The fourth-order valence-corrected chi connectivity index (χ4v) is 1.67. The number of nitrogens with one attached hydrogen (secondary N) is 1. The number of carbonyl (C=O) groups is 1. The molecule has 0 aromatic heterocycles. The van der Waals surface area contributed by atoms with Crippen LogP contribution in [0.5, 0.6) is 0 Å². The van der Waals surface area contributed by atoms with Crippen LogP contribution in [0.3, 0.4) is 0 Å². The number of carbonyl (C=O) groups excluding carboxylic acids is 1. The van der Waals surface area contributed by atoms with E-state index in [9.17, 15) is 18.0 Å². The summed E-state index contributed by atoms with van der Waals surface area (Å²) >= 11 is 0. The Kier molecular flexibility index (Phi) is 8.75. The molecule has 0 aliphatic rings. The Balaban J connectivity index is 4.28. The van der Waals surface area contributed by atoms with Gasteiger partial charge in [0.2, 0.25) is 5.91 Å². The van der Waals surface area contributed by atoms with Crippen LogP contribution in [0.25, 0.3) is 0 Å². The van der Waals surface area contributed by atoms with Crippen molar-refractivity contribution >= 4 is 5.91 Å². The highest BCUT2D eigenvalue weighted by Gasteiger charge is 2.34. The van der Waals surface area contributed by atoms with Gasteiger partial charge in [0.1, 0.15) is 0 Å². The highest BCUT2D eigenvalue weighted by atomic mass is 19.4. The molecule has 1 amide bonds. The van der Waals surface area contributed by atoms with E-state index < -0.39 is 31.3 Å². The van der Waals surface area contributed by atoms with Gasteiger partial charge in [0.25, 0.3) is 0 Å². The van der Waals surface area contributed by atoms with Crippen LogP contribution in [0, 0.1) is 0 Å². The number of aliphatic hydroxyl groups excluding tert-OH is 1. The summed E-state index contributed by atoms with van der Waals surface area (Å²) in [6, 6.07) is -0.907. The monoisotopic (exact) mass is 284 g/mol. The van der Waals surface area contributed by atoms with Gasteiger partial charge in [-0.1, -0.05) is 19.8 Å². The topological polar surface area (TPSA) is 52.6 Å². The third-order valence-corrected chi connectivity index (χ3v) is 2.78. The molecule has 0 saturated heterocycles. The Morgan fingerprint density at radius 2 is 2.00 bits per heavy atom. The molecular formula is C12H23F3N2O2. The maximum absolute atomic E-state index is 12.4. The lowest BCUT2D eigenvalue weighted by atomic mass is 10.2. The van der Waals surface area contributed by atoms with Crippen LogP contribution >= 0.6 is 0 Å². The molecule has 0 rings (SSSR count). The Morgan fingerprint density at radius 3 is 2.47 bits per heavy atom. The zero-order chi connectivity index (χ0) is 14.9. The summed E-state index contributed by atoms with van der Waals surface area (Å²) in [7, 11) is 0. The van der Waals surface area contributed by atoms with Crippen molar-refractivity contribution in [1.29, 1.82) is 0 Å². The number of alkyl halides is 3. The second-order valence-corrected chi connectivity index (χ2v) is 4.48. The summed E-state index contributed by atoms with van der Waals surface area (Å²) in [5.74, 6) is -0.436. The van der Waals surface area contributed by atoms with E-state index in [0.717, 1.165) is 24.2 Å². The molecule has 0 aromatic rings. The minimum absolute atomic E-state index is 0.178. The Labute approximate surface area is 112 Å². The quantitative estimate of drug-likeness (QED) is 0.631. The van der Waals surface area contributed by atoms with Crippen LogP contribution in [0.1, 0.15) is 33.1 Å². The van der Waals surface area contributed by atoms with Crippen LogP contribution in [0.4, 0.5) is 13.2 Å². The van der Waals surface area contributed by atoms with E-state index in [1.54, 1.807) is 0 Å². The molecule has 1 atom stereocenters. The van der Waals surface area contributed by atoms with Crippen molar-refractivity contribution in [3.8, 4) is 0 Å². The fourth-order valence-electron chi connectivity index (χ4n) is 1.67. The molecule has 0 bridgehead atoms. The molecule has 0 saturated carbocycles. The smallest absolute Gasteiger partial charge is 0.395 e. The molecule has 7 heteroatoms. The predicted molar refractivity (Wildman–Crippen MR) is 66.7 cm³/mol. The van der Waals surface area contributed by atoms with Crippen LogP contribution in [-0.2, 0) is 4.79 Å². The summed E-state index contributed by atoms with van der Waals surface area (Å²) in [6.07, 6.45) is -1.59. The van der Waals surface area contributed by atoms with Gasteiger partial charge in [-0.05, 0) is 13.3 Å². The molecule has 0 radical (unpaired) electrons. The first-order valence-electron chi connectivity index (χ1n) is 6.51. The number of aliphatic hydroxyl groups is 1. The average molecular weight is 284 g/mol. The fraction of sp³-hybridized carbons (Fsp3) is 0.917. The summed E-state index contributed by atoms with van der Waals surface area (Å²) in [6.45, 7) is 2.12. The second kappa shape index (κ2) is 9.14. The van der Waals surface area contributed by atoms with Crippen LogP contribution in [-0.4, -0.2) is 54.4 Å². The Bertz CT molecular complexity index is 260. The van der Waals surface area contributed by atoms with Gasteiger partial charge in [0.05, 0.1) is 19.2 Å². The largest absolute Gasteiger partial charge is 0.401 e. The number of amides is 1. The third-order valence-electron chi connectivity index (χ3n) is 2.78. The molecule has 0 aliphatic heterocycles. The number of hydrogen-bond acceptors (Lipinski definition) is 3. The van der Waals surface area contributed by atoms with Crippen molar-refractivity contribution in [2.45, 2.75) is 45.3 Å². The lowest BCUT2D eigenvalue weighted by molar-refractivity contribution is -0.155. The number of hydrogen-bond donors (Lipinski definition) is 2. The minimum atomic E-state index is -4.38. The van der Waals surface area contributed by atoms with Gasteiger partial charge in [0.15, 0.2) is 0 Å². The summed E-state index contributed by atoms with van der Waals surface area (Å²) < 4.78 is 37.1. The number of unbranched alkanes of at least 4 members (excludes halogenated alkanes) is 2. The van der Waals surface area contributed by atoms with E-state index in [2.05, 4.69) is 5.32 Å². The first kappa shape index (κ1) is 18.2. The zero-order valence-electron chi connectivity index (χ0n) is 11.5. The van der Waals surface area contributed by atoms with Gasteiger partial charge < -0.3 is 10.4 Å². The number of nitrogens with zero attached hydrogens (tertiary/aromatic N) is 1. The molecule has 0 aromatic carbocycles. The van der Waals surface area contributed by atoms with Crippen molar-refractivity contribution in [3.63, 3.8) is 0 Å². The Hall–Kier alpha value is -0.820. The van der Waals surface area contributed by atoms with E-state index in [1.165, 1.54) is 6.92 Å². The normalized spacial score (nSPS) is 13.6. The zero-order valence-corrected chi connectivity index (χ0v) is 11.5. The SMILES string of the molecule is CCCCCNC(=O)C(C)N(CCO)CC(F)(F)F. The maximum atomic E-state index is 12.4. The first-order valence-corrected chi connectivity index (χ1v) is 6.51. The van der Waals surface area contributed by atoms with Crippen molar-refractivity contribution in [3.05, 3.63) is 0 Å². The third kappa shape index (κ3) is 8.83.